The van der Waals surface area contributed by atoms with Gasteiger partial charge in [0, 0.05) is 42.4 Å². The third-order valence-corrected chi connectivity index (χ3v) is 7.12. The van der Waals surface area contributed by atoms with Crippen LogP contribution in [0.4, 0.5) is 22.7 Å². The van der Waals surface area contributed by atoms with Crippen LogP contribution < -0.4 is 9.80 Å². The summed E-state index contributed by atoms with van der Waals surface area (Å²) < 4.78 is 0. The fourth-order valence-electron chi connectivity index (χ4n) is 4.92. The normalized spacial score (nSPS) is 11.0. The minimum Gasteiger partial charge on any atom is -0.344 e. The third-order valence-electron chi connectivity index (χ3n) is 7.12. The predicted octanol–water partition coefficient (Wildman–Crippen LogP) is 9.67. The van der Waals surface area contributed by atoms with Gasteiger partial charge >= 0.3 is 0 Å². The van der Waals surface area contributed by atoms with Crippen LogP contribution in [0.25, 0.3) is 22.3 Å². The van der Waals surface area contributed by atoms with Gasteiger partial charge in [0.05, 0.1) is 0 Å². The van der Waals surface area contributed by atoms with Crippen LogP contribution in [0.2, 0.25) is 0 Å². The summed E-state index contributed by atoms with van der Waals surface area (Å²) in [6.45, 7) is 2.07. The number of allylic oxidation sites excluding steroid dienone is 2. The van der Waals surface area contributed by atoms with Crippen molar-refractivity contribution in [2.24, 2.45) is 0 Å². The first-order chi connectivity index (χ1) is 18.7. The summed E-state index contributed by atoms with van der Waals surface area (Å²) in [5, 5.41) is 0. The Morgan fingerprint density at radius 1 is 0.500 bits per heavy atom. The molecular weight excluding hydrogens is 460 g/mol. The van der Waals surface area contributed by atoms with E-state index in [1.54, 1.807) is 0 Å². The Kier molecular flexibility index (Phi) is 7.70. The van der Waals surface area contributed by atoms with Crippen molar-refractivity contribution in [3.8, 4) is 22.3 Å². The van der Waals surface area contributed by atoms with E-state index in [0.717, 1.165) is 12.1 Å². The number of anilines is 4. The number of nitrogens with zero attached hydrogens (tertiary/aromatic N) is 2. The molecule has 2 heteroatoms. The highest BCUT2D eigenvalue weighted by molar-refractivity contribution is 5.82. The maximum atomic E-state index is 2.27. The molecule has 0 heterocycles. The van der Waals surface area contributed by atoms with E-state index in [1.165, 1.54) is 44.9 Å². The van der Waals surface area contributed by atoms with E-state index >= 15 is 0 Å². The van der Waals surface area contributed by atoms with Crippen LogP contribution in [-0.4, -0.2) is 14.1 Å². The molecule has 5 aromatic rings. The average molecular weight is 495 g/mol. The SMILES string of the molecule is C/C=C\Cc1ccccc1N(C)c1ccc(-c2ccc(N(C)c3ccccc3-c3ccccc3)cc2)cc1. The van der Waals surface area contributed by atoms with Crippen LogP contribution in [0.3, 0.4) is 0 Å². The molecule has 38 heavy (non-hydrogen) atoms. The first-order valence-electron chi connectivity index (χ1n) is 13.2. The van der Waals surface area contributed by atoms with E-state index in [1.807, 2.05) is 0 Å². The zero-order valence-corrected chi connectivity index (χ0v) is 22.4. The van der Waals surface area contributed by atoms with Crippen molar-refractivity contribution in [1.29, 1.82) is 0 Å². The molecule has 0 atom stereocenters. The summed E-state index contributed by atoms with van der Waals surface area (Å²) in [6, 6.07) is 45.4. The minimum absolute atomic E-state index is 0.936. The molecule has 0 aliphatic carbocycles. The Bertz CT molecular complexity index is 1500. The summed E-state index contributed by atoms with van der Waals surface area (Å²) in [7, 11) is 4.27. The van der Waals surface area contributed by atoms with Gasteiger partial charge in [-0.25, -0.2) is 0 Å². The van der Waals surface area contributed by atoms with Crippen molar-refractivity contribution in [2.75, 3.05) is 23.9 Å². The second-order valence-electron chi connectivity index (χ2n) is 9.50. The number of hydrogen-bond donors (Lipinski definition) is 0. The smallest absolute Gasteiger partial charge is 0.0487 e. The van der Waals surface area contributed by atoms with E-state index < -0.39 is 0 Å². The lowest BCUT2D eigenvalue weighted by Gasteiger charge is -2.23. The first-order valence-corrected chi connectivity index (χ1v) is 13.2. The Labute approximate surface area is 227 Å². The quantitative estimate of drug-likeness (QED) is 0.198. The lowest BCUT2D eigenvalue weighted by atomic mass is 10.0. The maximum Gasteiger partial charge on any atom is 0.0487 e. The highest BCUT2D eigenvalue weighted by Crippen LogP contribution is 2.35. The van der Waals surface area contributed by atoms with Crippen LogP contribution in [0.15, 0.2) is 140 Å². The van der Waals surface area contributed by atoms with Crippen molar-refractivity contribution in [1.82, 2.24) is 0 Å². The zero-order valence-electron chi connectivity index (χ0n) is 22.4. The standard InChI is InChI=1S/C36H34N2/c1-4-5-13-31-16-9-11-18-35(31)37(2)32-24-20-28(21-25-32)29-22-26-33(27-23-29)38(3)36-19-12-10-17-34(36)30-14-7-6-8-15-30/h4-12,14-27H,13H2,1-3H3/b5-4-. The molecule has 0 aliphatic heterocycles. The largest absolute Gasteiger partial charge is 0.344 e. The monoisotopic (exact) mass is 494 g/mol. The molecule has 0 unspecified atom stereocenters. The number of para-hydroxylation sites is 2. The molecule has 0 amide bonds. The molecule has 0 aliphatic rings. The van der Waals surface area contributed by atoms with E-state index in [0.29, 0.717) is 0 Å². The van der Waals surface area contributed by atoms with Gasteiger partial charge in [-0.05, 0) is 72.0 Å². The number of rotatable bonds is 8. The van der Waals surface area contributed by atoms with Crippen LogP contribution >= 0.6 is 0 Å². The number of benzene rings is 5. The van der Waals surface area contributed by atoms with E-state index in [-0.39, 0.29) is 0 Å². The van der Waals surface area contributed by atoms with Crippen molar-refractivity contribution in [3.05, 3.63) is 145 Å². The van der Waals surface area contributed by atoms with Gasteiger partial charge in [-0.1, -0.05) is 103 Å². The third kappa shape index (κ3) is 5.40. The summed E-state index contributed by atoms with van der Waals surface area (Å²) in [5.41, 5.74) is 11.0. The fourth-order valence-corrected chi connectivity index (χ4v) is 4.92. The molecule has 0 radical (unpaired) electrons. The highest BCUT2D eigenvalue weighted by atomic mass is 15.1. The van der Waals surface area contributed by atoms with Gasteiger partial charge in [-0.2, -0.15) is 0 Å². The van der Waals surface area contributed by atoms with Gasteiger partial charge in [-0.15, -0.1) is 0 Å². The van der Waals surface area contributed by atoms with Gasteiger partial charge in [0.25, 0.3) is 0 Å². The first kappa shape index (κ1) is 25.1. The Hall–Kier alpha value is -4.56. The van der Waals surface area contributed by atoms with Gasteiger partial charge in [-0.3, -0.25) is 0 Å². The second kappa shape index (κ2) is 11.7. The van der Waals surface area contributed by atoms with Crippen LogP contribution in [-0.2, 0) is 6.42 Å². The van der Waals surface area contributed by atoms with Gasteiger partial charge < -0.3 is 9.80 Å². The van der Waals surface area contributed by atoms with E-state index in [4.69, 9.17) is 0 Å². The zero-order chi connectivity index (χ0) is 26.3. The molecule has 0 aromatic heterocycles. The lowest BCUT2D eigenvalue weighted by molar-refractivity contribution is 1.15. The minimum atomic E-state index is 0.936. The Balaban J connectivity index is 1.35. The fraction of sp³-hybridized carbons (Fsp3) is 0.111. The maximum absolute atomic E-state index is 2.27. The summed E-state index contributed by atoms with van der Waals surface area (Å²) in [6.07, 6.45) is 5.25. The predicted molar refractivity (Wildman–Crippen MR) is 165 cm³/mol. The van der Waals surface area contributed by atoms with E-state index in [2.05, 4.69) is 170 Å². The summed E-state index contributed by atoms with van der Waals surface area (Å²) in [4.78, 5) is 4.53. The molecule has 0 bridgehead atoms. The highest BCUT2D eigenvalue weighted by Gasteiger charge is 2.12. The molecule has 0 saturated heterocycles. The molecule has 0 spiro atoms. The number of hydrogen-bond acceptors (Lipinski definition) is 2. The van der Waals surface area contributed by atoms with Crippen LogP contribution in [0.5, 0.6) is 0 Å². The van der Waals surface area contributed by atoms with Crippen molar-refractivity contribution in [3.63, 3.8) is 0 Å². The molecule has 0 saturated carbocycles. The second-order valence-corrected chi connectivity index (χ2v) is 9.50. The summed E-state index contributed by atoms with van der Waals surface area (Å²) >= 11 is 0. The molecule has 0 N–H and O–H groups in total. The molecule has 5 rings (SSSR count). The van der Waals surface area contributed by atoms with Crippen molar-refractivity contribution < 1.29 is 0 Å². The average Bonchev–Trinajstić information content (AvgIpc) is 3.00. The van der Waals surface area contributed by atoms with Crippen molar-refractivity contribution >= 4 is 22.7 Å². The molecule has 2 nitrogen and oxygen atoms in total. The molecular formula is C36H34N2. The van der Waals surface area contributed by atoms with Gasteiger partial charge in [0.2, 0.25) is 0 Å². The van der Waals surface area contributed by atoms with Gasteiger partial charge in [0.15, 0.2) is 0 Å². The van der Waals surface area contributed by atoms with Crippen molar-refractivity contribution in [2.45, 2.75) is 13.3 Å². The topological polar surface area (TPSA) is 6.48 Å². The van der Waals surface area contributed by atoms with E-state index in [9.17, 15) is 0 Å². The Morgan fingerprint density at radius 3 is 1.61 bits per heavy atom. The van der Waals surface area contributed by atoms with Gasteiger partial charge in [0.1, 0.15) is 0 Å². The Morgan fingerprint density at radius 2 is 1.00 bits per heavy atom. The molecule has 188 valence electrons. The molecule has 5 aromatic carbocycles. The summed E-state index contributed by atoms with van der Waals surface area (Å²) in [5.74, 6) is 0. The van der Waals surface area contributed by atoms with Crippen LogP contribution in [0, 0.1) is 0 Å². The lowest BCUT2D eigenvalue weighted by Crippen LogP contribution is -2.11. The van der Waals surface area contributed by atoms with Crippen LogP contribution in [0.1, 0.15) is 12.5 Å². The molecule has 0 fully saturated rings.